The van der Waals surface area contributed by atoms with Gasteiger partial charge in [0.15, 0.2) is 29.1 Å². The Bertz CT molecular complexity index is 862. The number of aryl methyl sites for hydroxylation is 2. The van der Waals surface area contributed by atoms with E-state index in [1.165, 1.54) is 6.07 Å². The third kappa shape index (κ3) is 4.45. The number of halogens is 5. The zero-order chi connectivity index (χ0) is 20.3. The molecule has 1 unspecified atom stereocenters. The van der Waals surface area contributed by atoms with Gasteiger partial charge in [-0.2, -0.15) is 0 Å². The molecule has 0 saturated heterocycles. The van der Waals surface area contributed by atoms with Crippen LogP contribution in [0.5, 0.6) is 0 Å². The summed E-state index contributed by atoms with van der Waals surface area (Å²) in [6, 6.07) is 4.84. The van der Waals surface area contributed by atoms with Gasteiger partial charge in [-0.3, -0.25) is 0 Å². The van der Waals surface area contributed by atoms with Crippen LogP contribution in [0.4, 0.5) is 22.0 Å². The molecule has 0 radical (unpaired) electrons. The molecule has 0 aromatic heterocycles. The molecule has 2 aromatic rings. The minimum absolute atomic E-state index is 0.0607. The van der Waals surface area contributed by atoms with Gasteiger partial charge >= 0.3 is 0 Å². The highest BCUT2D eigenvalue weighted by Crippen LogP contribution is 2.34. The van der Waals surface area contributed by atoms with Crippen LogP contribution < -0.4 is 0 Å². The predicted molar refractivity (Wildman–Crippen MR) is 100 cm³/mol. The summed E-state index contributed by atoms with van der Waals surface area (Å²) in [7, 11) is 0. The van der Waals surface area contributed by atoms with Gasteiger partial charge in [-0.25, -0.2) is 22.0 Å². The number of benzene rings is 2. The average Bonchev–Trinajstić information content (AvgIpc) is 2.68. The first-order chi connectivity index (χ1) is 13.4. The van der Waals surface area contributed by atoms with E-state index in [4.69, 9.17) is 0 Å². The van der Waals surface area contributed by atoms with Crippen LogP contribution in [-0.2, 0) is 12.8 Å². The Labute approximate surface area is 162 Å². The molecule has 150 valence electrons. The number of hydrogen-bond acceptors (Lipinski definition) is 0. The zero-order valence-electron chi connectivity index (χ0n) is 15.8. The minimum Gasteiger partial charge on any atom is -0.204 e. The van der Waals surface area contributed by atoms with Gasteiger partial charge in [0.05, 0.1) is 0 Å². The van der Waals surface area contributed by atoms with Crippen LogP contribution in [0.15, 0.2) is 30.3 Å². The molecule has 1 aliphatic rings. The van der Waals surface area contributed by atoms with E-state index in [0.29, 0.717) is 5.92 Å². The van der Waals surface area contributed by atoms with Crippen LogP contribution in [0.1, 0.15) is 55.7 Å². The fraction of sp³-hybridized carbons (Fsp3) is 0.391. The maximum Gasteiger partial charge on any atom is 0.194 e. The smallest absolute Gasteiger partial charge is 0.194 e. The largest absolute Gasteiger partial charge is 0.204 e. The van der Waals surface area contributed by atoms with Crippen molar-refractivity contribution in [2.45, 2.75) is 51.9 Å². The van der Waals surface area contributed by atoms with Gasteiger partial charge in [-0.1, -0.05) is 38.0 Å². The van der Waals surface area contributed by atoms with Gasteiger partial charge in [-0.15, -0.1) is 0 Å². The minimum atomic E-state index is -1.53. The standard InChI is InChI=1S/C23H23F5/c1-2-3-14-4-7-16(8-5-14)18-11-10-17(21(26)22(18)27)9-6-15-12-19(24)23(28)20(25)13-15/h7,10-14H,2-6,8-9H2,1H3. The second kappa shape index (κ2) is 8.89. The number of rotatable bonds is 6. The van der Waals surface area contributed by atoms with Gasteiger partial charge in [0.1, 0.15) is 0 Å². The summed E-state index contributed by atoms with van der Waals surface area (Å²) in [5.41, 5.74) is 1.44. The van der Waals surface area contributed by atoms with Gasteiger partial charge in [0.2, 0.25) is 0 Å². The lowest BCUT2D eigenvalue weighted by Crippen LogP contribution is -2.07. The fourth-order valence-electron chi connectivity index (χ4n) is 3.87. The summed E-state index contributed by atoms with van der Waals surface area (Å²) in [5.74, 6) is -5.32. The third-order valence-electron chi connectivity index (χ3n) is 5.45. The van der Waals surface area contributed by atoms with Crippen molar-refractivity contribution in [2.75, 3.05) is 0 Å². The van der Waals surface area contributed by atoms with Crippen molar-refractivity contribution in [3.63, 3.8) is 0 Å². The van der Waals surface area contributed by atoms with Gasteiger partial charge < -0.3 is 0 Å². The summed E-state index contributed by atoms with van der Waals surface area (Å²) in [4.78, 5) is 0. The molecular weight excluding hydrogens is 371 g/mol. The summed E-state index contributed by atoms with van der Waals surface area (Å²) in [6.45, 7) is 2.14. The van der Waals surface area contributed by atoms with E-state index in [2.05, 4.69) is 6.92 Å². The topological polar surface area (TPSA) is 0 Å². The molecule has 0 N–H and O–H groups in total. The second-order valence-electron chi connectivity index (χ2n) is 7.43. The van der Waals surface area contributed by atoms with E-state index >= 15 is 0 Å². The Morgan fingerprint density at radius 1 is 0.893 bits per heavy atom. The molecule has 5 heteroatoms. The monoisotopic (exact) mass is 394 g/mol. The lowest BCUT2D eigenvalue weighted by molar-refractivity contribution is 0.443. The lowest BCUT2D eigenvalue weighted by Gasteiger charge is -2.22. The molecule has 0 spiro atoms. The highest BCUT2D eigenvalue weighted by molar-refractivity contribution is 5.67. The average molecular weight is 394 g/mol. The van der Waals surface area contributed by atoms with Gasteiger partial charge in [-0.05, 0) is 66.9 Å². The molecule has 0 aliphatic heterocycles. The molecule has 28 heavy (non-hydrogen) atoms. The second-order valence-corrected chi connectivity index (χ2v) is 7.43. The highest BCUT2D eigenvalue weighted by atomic mass is 19.2. The van der Waals surface area contributed by atoms with E-state index in [-0.39, 0.29) is 29.5 Å². The van der Waals surface area contributed by atoms with Crippen LogP contribution >= 0.6 is 0 Å². The molecule has 1 atom stereocenters. The molecule has 2 aromatic carbocycles. The Morgan fingerprint density at radius 3 is 2.21 bits per heavy atom. The third-order valence-corrected chi connectivity index (χ3v) is 5.45. The Balaban J connectivity index is 1.74. The number of hydrogen-bond donors (Lipinski definition) is 0. The van der Waals surface area contributed by atoms with Gasteiger partial charge in [0.25, 0.3) is 0 Å². The molecule has 1 aliphatic carbocycles. The van der Waals surface area contributed by atoms with Crippen molar-refractivity contribution in [1.82, 2.24) is 0 Å². The van der Waals surface area contributed by atoms with Gasteiger partial charge in [0, 0.05) is 5.56 Å². The van der Waals surface area contributed by atoms with Crippen molar-refractivity contribution in [3.8, 4) is 0 Å². The molecule has 0 amide bonds. The molecule has 0 fully saturated rings. The van der Waals surface area contributed by atoms with Crippen molar-refractivity contribution in [3.05, 3.63) is 76.1 Å². The highest BCUT2D eigenvalue weighted by Gasteiger charge is 2.20. The lowest BCUT2D eigenvalue weighted by atomic mass is 9.84. The summed E-state index contributed by atoms with van der Waals surface area (Å²) in [5, 5.41) is 0. The zero-order valence-corrected chi connectivity index (χ0v) is 15.8. The quantitative estimate of drug-likeness (QED) is 0.360. The summed E-state index contributed by atoms with van der Waals surface area (Å²) >= 11 is 0. The Hall–Kier alpha value is -2.17. The van der Waals surface area contributed by atoms with E-state index in [0.717, 1.165) is 49.8 Å². The van der Waals surface area contributed by atoms with E-state index in [1.807, 2.05) is 6.08 Å². The Kier molecular flexibility index (Phi) is 6.53. The fourth-order valence-corrected chi connectivity index (χ4v) is 3.87. The molecule has 0 bridgehead atoms. The van der Waals surface area contributed by atoms with Crippen LogP contribution in [0.2, 0.25) is 0 Å². The van der Waals surface area contributed by atoms with Crippen molar-refractivity contribution < 1.29 is 22.0 Å². The number of allylic oxidation sites excluding steroid dienone is 2. The molecular formula is C23H23F5. The molecule has 0 nitrogen and oxygen atoms in total. The van der Waals surface area contributed by atoms with Crippen LogP contribution in [-0.4, -0.2) is 0 Å². The molecule has 0 saturated carbocycles. The first-order valence-corrected chi connectivity index (χ1v) is 9.70. The van der Waals surface area contributed by atoms with Crippen LogP contribution in [0, 0.1) is 35.0 Å². The normalized spacial score (nSPS) is 16.9. The van der Waals surface area contributed by atoms with Crippen molar-refractivity contribution in [2.24, 2.45) is 5.92 Å². The van der Waals surface area contributed by atoms with Crippen LogP contribution in [0.3, 0.4) is 0 Å². The maximum absolute atomic E-state index is 14.6. The molecule has 0 heterocycles. The Morgan fingerprint density at radius 2 is 1.61 bits per heavy atom. The SMILES string of the molecule is CCCC1CC=C(c2ccc(CCc3cc(F)c(F)c(F)c3)c(F)c2F)CC1. The first kappa shape index (κ1) is 20.6. The maximum atomic E-state index is 14.6. The van der Waals surface area contributed by atoms with E-state index in [9.17, 15) is 22.0 Å². The first-order valence-electron chi connectivity index (χ1n) is 9.70. The van der Waals surface area contributed by atoms with Crippen molar-refractivity contribution in [1.29, 1.82) is 0 Å². The summed E-state index contributed by atoms with van der Waals surface area (Å²) in [6.07, 6.45) is 6.99. The predicted octanol–water partition coefficient (Wildman–Crippen LogP) is 7.15. The molecule has 3 rings (SSSR count). The summed E-state index contributed by atoms with van der Waals surface area (Å²) < 4.78 is 68.7. The van der Waals surface area contributed by atoms with E-state index in [1.54, 1.807) is 6.07 Å². The van der Waals surface area contributed by atoms with E-state index < -0.39 is 29.1 Å². The van der Waals surface area contributed by atoms with Crippen LogP contribution in [0.25, 0.3) is 5.57 Å². The van der Waals surface area contributed by atoms with Crippen molar-refractivity contribution >= 4 is 5.57 Å².